The standard InChI is InChI=1S/C28H26F2N2O2/c1-2-21-24(17-16-19-10-5-3-6-11-19)31-27(22-14-9-15-23(30)26(22)33)32(28(21)34)25(18-29)20-12-7-4-8-13-20/h3-15,25,33H,2,16-18H2,1H3. The van der Waals surface area contributed by atoms with Crippen LogP contribution in [-0.4, -0.2) is 21.3 Å². The van der Waals surface area contributed by atoms with Crippen LogP contribution >= 0.6 is 0 Å². The van der Waals surface area contributed by atoms with Crippen molar-refractivity contribution in [3.8, 4) is 17.1 Å². The van der Waals surface area contributed by atoms with Gasteiger partial charge in [-0.1, -0.05) is 73.7 Å². The highest BCUT2D eigenvalue weighted by Crippen LogP contribution is 2.33. The number of halogens is 2. The van der Waals surface area contributed by atoms with Gasteiger partial charge < -0.3 is 5.11 Å². The molecule has 1 unspecified atom stereocenters. The fraction of sp³-hybridized carbons (Fsp3) is 0.214. The molecule has 0 aliphatic carbocycles. The van der Waals surface area contributed by atoms with Crippen molar-refractivity contribution in [2.45, 2.75) is 32.2 Å². The summed E-state index contributed by atoms with van der Waals surface area (Å²) in [5.41, 5.74) is 2.41. The monoisotopic (exact) mass is 460 g/mol. The lowest BCUT2D eigenvalue weighted by Gasteiger charge is -2.23. The number of aromatic hydroxyl groups is 1. The predicted molar refractivity (Wildman–Crippen MR) is 129 cm³/mol. The first-order chi connectivity index (χ1) is 16.5. The van der Waals surface area contributed by atoms with Crippen LogP contribution in [-0.2, 0) is 19.3 Å². The summed E-state index contributed by atoms with van der Waals surface area (Å²) in [5.74, 6) is -1.40. The summed E-state index contributed by atoms with van der Waals surface area (Å²) < 4.78 is 30.0. The first-order valence-corrected chi connectivity index (χ1v) is 11.3. The molecule has 3 aromatic carbocycles. The third-order valence-electron chi connectivity index (χ3n) is 6.01. The Bertz CT molecular complexity index is 1320. The summed E-state index contributed by atoms with van der Waals surface area (Å²) in [4.78, 5) is 18.5. The summed E-state index contributed by atoms with van der Waals surface area (Å²) in [7, 11) is 0. The molecular weight excluding hydrogens is 434 g/mol. The van der Waals surface area contributed by atoms with E-state index in [1.165, 1.54) is 16.7 Å². The van der Waals surface area contributed by atoms with Crippen LogP contribution in [0, 0.1) is 5.82 Å². The lowest BCUT2D eigenvalue weighted by atomic mass is 10.0. The molecule has 1 atom stereocenters. The van der Waals surface area contributed by atoms with Gasteiger partial charge in [0.05, 0.1) is 17.3 Å². The van der Waals surface area contributed by atoms with Crippen LogP contribution in [0.2, 0.25) is 0 Å². The van der Waals surface area contributed by atoms with E-state index in [0.717, 1.165) is 11.6 Å². The van der Waals surface area contributed by atoms with E-state index in [-0.39, 0.29) is 16.9 Å². The molecule has 1 heterocycles. The predicted octanol–water partition coefficient (Wildman–Crippen LogP) is 5.66. The average Bonchev–Trinajstić information content (AvgIpc) is 2.87. The summed E-state index contributed by atoms with van der Waals surface area (Å²) in [5, 5.41) is 10.5. The van der Waals surface area contributed by atoms with Gasteiger partial charge in [0.15, 0.2) is 11.6 Å². The molecule has 4 aromatic rings. The van der Waals surface area contributed by atoms with Crippen molar-refractivity contribution in [2.75, 3.05) is 6.67 Å². The molecule has 0 saturated heterocycles. The van der Waals surface area contributed by atoms with E-state index in [4.69, 9.17) is 4.98 Å². The zero-order chi connectivity index (χ0) is 24.1. The van der Waals surface area contributed by atoms with Gasteiger partial charge in [0.1, 0.15) is 12.5 Å². The molecule has 0 aliphatic heterocycles. The van der Waals surface area contributed by atoms with Crippen LogP contribution in [0.25, 0.3) is 11.4 Å². The number of phenols is 1. The Hall–Kier alpha value is -3.80. The molecule has 0 spiro atoms. The van der Waals surface area contributed by atoms with Crippen LogP contribution in [0.1, 0.15) is 35.3 Å². The van der Waals surface area contributed by atoms with Crippen LogP contribution in [0.3, 0.4) is 0 Å². The Morgan fingerprint density at radius 1 is 0.941 bits per heavy atom. The Morgan fingerprint density at radius 3 is 2.26 bits per heavy atom. The van der Waals surface area contributed by atoms with Crippen LogP contribution in [0.4, 0.5) is 8.78 Å². The van der Waals surface area contributed by atoms with E-state index >= 15 is 0 Å². The topological polar surface area (TPSA) is 55.1 Å². The van der Waals surface area contributed by atoms with Gasteiger partial charge in [-0.3, -0.25) is 9.36 Å². The minimum absolute atomic E-state index is 0.0498. The zero-order valence-corrected chi connectivity index (χ0v) is 18.9. The number of rotatable bonds is 8. The normalized spacial score (nSPS) is 12.0. The third-order valence-corrected chi connectivity index (χ3v) is 6.01. The van der Waals surface area contributed by atoms with Crippen LogP contribution in [0.5, 0.6) is 5.75 Å². The number of hydrogen-bond donors (Lipinski definition) is 1. The first-order valence-electron chi connectivity index (χ1n) is 11.3. The van der Waals surface area contributed by atoms with E-state index in [0.29, 0.717) is 36.1 Å². The molecular formula is C28H26F2N2O2. The van der Waals surface area contributed by atoms with Gasteiger partial charge in [0.25, 0.3) is 5.56 Å². The van der Waals surface area contributed by atoms with Crippen molar-refractivity contribution in [1.82, 2.24) is 9.55 Å². The SMILES string of the molecule is CCc1c(CCc2ccccc2)nc(-c2cccc(F)c2O)n(C(CF)c2ccccc2)c1=O. The molecule has 34 heavy (non-hydrogen) atoms. The van der Waals surface area contributed by atoms with Gasteiger partial charge in [-0.15, -0.1) is 0 Å². The number of aromatic nitrogens is 2. The highest BCUT2D eigenvalue weighted by atomic mass is 19.1. The van der Waals surface area contributed by atoms with Crippen molar-refractivity contribution in [3.63, 3.8) is 0 Å². The summed E-state index contributed by atoms with van der Waals surface area (Å²) in [6.07, 6.45) is 1.56. The van der Waals surface area contributed by atoms with Gasteiger partial charge in [-0.25, -0.2) is 13.8 Å². The molecule has 0 saturated carbocycles. The fourth-order valence-electron chi connectivity index (χ4n) is 4.24. The Morgan fingerprint density at radius 2 is 1.62 bits per heavy atom. The molecule has 0 bridgehead atoms. The number of phenolic OH excluding ortho intramolecular Hbond substituents is 1. The van der Waals surface area contributed by atoms with E-state index in [9.17, 15) is 18.7 Å². The smallest absolute Gasteiger partial charge is 0.257 e. The van der Waals surface area contributed by atoms with Crippen molar-refractivity contribution in [1.29, 1.82) is 0 Å². The highest BCUT2D eigenvalue weighted by molar-refractivity contribution is 5.65. The molecule has 0 radical (unpaired) electrons. The Labute approximate surface area is 197 Å². The summed E-state index contributed by atoms with van der Waals surface area (Å²) in [6.45, 7) is 1.00. The fourth-order valence-corrected chi connectivity index (χ4v) is 4.24. The van der Waals surface area contributed by atoms with Crippen molar-refractivity contribution < 1.29 is 13.9 Å². The first kappa shape index (κ1) is 23.4. The minimum Gasteiger partial charge on any atom is -0.504 e. The highest BCUT2D eigenvalue weighted by Gasteiger charge is 2.26. The quantitative estimate of drug-likeness (QED) is 0.369. The summed E-state index contributed by atoms with van der Waals surface area (Å²) in [6, 6.07) is 21.7. The molecule has 6 heteroatoms. The molecule has 1 aromatic heterocycles. The molecule has 174 valence electrons. The second-order valence-corrected chi connectivity index (χ2v) is 8.09. The van der Waals surface area contributed by atoms with Crippen molar-refractivity contribution >= 4 is 0 Å². The van der Waals surface area contributed by atoms with Gasteiger partial charge >= 0.3 is 0 Å². The minimum atomic E-state index is -0.965. The molecule has 4 rings (SSSR count). The maximum atomic E-state index is 14.5. The number of aryl methyl sites for hydroxylation is 2. The Balaban J connectivity index is 1.94. The van der Waals surface area contributed by atoms with E-state index in [2.05, 4.69) is 0 Å². The van der Waals surface area contributed by atoms with Crippen molar-refractivity contribution in [2.24, 2.45) is 0 Å². The van der Waals surface area contributed by atoms with E-state index in [1.54, 1.807) is 24.3 Å². The second-order valence-electron chi connectivity index (χ2n) is 8.09. The number of benzene rings is 3. The number of nitrogens with zero attached hydrogens (tertiary/aromatic N) is 2. The number of alkyl halides is 1. The van der Waals surface area contributed by atoms with Gasteiger partial charge in [-0.2, -0.15) is 0 Å². The number of hydrogen-bond acceptors (Lipinski definition) is 3. The van der Waals surface area contributed by atoms with Crippen LogP contribution in [0.15, 0.2) is 83.7 Å². The second kappa shape index (κ2) is 10.4. The maximum Gasteiger partial charge on any atom is 0.257 e. The zero-order valence-electron chi connectivity index (χ0n) is 18.9. The average molecular weight is 461 g/mol. The maximum absolute atomic E-state index is 14.5. The van der Waals surface area contributed by atoms with Gasteiger partial charge in [0, 0.05) is 5.56 Å². The molecule has 1 N–H and O–H groups in total. The van der Waals surface area contributed by atoms with E-state index < -0.39 is 24.3 Å². The van der Waals surface area contributed by atoms with Gasteiger partial charge in [0.2, 0.25) is 0 Å². The largest absolute Gasteiger partial charge is 0.504 e. The summed E-state index contributed by atoms with van der Waals surface area (Å²) >= 11 is 0. The molecule has 4 nitrogen and oxygen atoms in total. The Kier molecular flexibility index (Phi) is 7.16. The third kappa shape index (κ3) is 4.62. The van der Waals surface area contributed by atoms with Crippen LogP contribution < -0.4 is 5.56 Å². The molecule has 0 amide bonds. The lowest BCUT2D eigenvalue weighted by molar-refractivity contribution is 0.387. The molecule has 0 fully saturated rings. The van der Waals surface area contributed by atoms with Crippen molar-refractivity contribution in [3.05, 3.63) is 117 Å². The lowest BCUT2D eigenvalue weighted by Crippen LogP contribution is -2.33. The van der Waals surface area contributed by atoms with E-state index in [1.807, 2.05) is 43.3 Å². The molecule has 0 aliphatic rings. The van der Waals surface area contributed by atoms with Gasteiger partial charge in [-0.05, 0) is 42.5 Å². The number of para-hydroxylation sites is 1.